The molecule has 0 spiro atoms. The Hall–Kier alpha value is -1.06. The minimum atomic E-state index is -0.944. The minimum absolute atomic E-state index is 0.175. The summed E-state index contributed by atoms with van der Waals surface area (Å²) in [6, 6.07) is 0. The molecule has 0 rings (SSSR count). The highest BCUT2D eigenvalue weighted by Gasteiger charge is 2.34. The molecule has 0 aliphatic carbocycles. The Labute approximate surface area is 77.6 Å². The number of carboxylic acids is 2. The second-order valence-electron chi connectivity index (χ2n) is 3.66. The molecule has 2 atom stereocenters. The first-order valence-corrected chi connectivity index (χ1v) is 4.29. The zero-order valence-electron chi connectivity index (χ0n) is 8.20. The maximum absolute atomic E-state index is 10.8. The van der Waals surface area contributed by atoms with Crippen molar-refractivity contribution >= 4 is 11.9 Å². The predicted octanol–water partition coefficient (Wildman–Crippen LogP) is 1.60. The standard InChI is InChI=1S/C9H16O4/c1-4-9(3,8(12)13)5-6(2)7(10)11/h6H,4-5H2,1-3H3,(H,10,11)(H,12,13). The van der Waals surface area contributed by atoms with Crippen LogP contribution in [-0.2, 0) is 9.59 Å². The van der Waals surface area contributed by atoms with Gasteiger partial charge in [0.05, 0.1) is 11.3 Å². The van der Waals surface area contributed by atoms with E-state index >= 15 is 0 Å². The third-order valence-corrected chi connectivity index (χ3v) is 2.47. The van der Waals surface area contributed by atoms with Crippen molar-refractivity contribution in [3.63, 3.8) is 0 Å². The molecule has 0 bridgehead atoms. The van der Waals surface area contributed by atoms with E-state index in [1.807, 2.05) is 0 Å². The summed E-state index contributed by atoms with van der Waals surface area (Å²) in [6.07, 6.45) is 0.619. The van der Waals surface area contributed by atoms with Crippen molar-refractivity contribution in [3.05, 3.63) is 0 Å². The predicted molar refractivity (Wildman–Crippen MR) is 47.5 cm³/mol. The number of hydrogen-bond donors (Lipinski definition) is 2. The second-order valence-corrected chi connectivity index (χ2v) is 3.66. The van der Waals surface area contributed by atoms with Crippen LogP contribution in [0.15, 0.2) is 0 Å². The van der Waals surface area contributed by atoms with E-state index in [-0.39, 0.29) is 6.42 Å². The van der Waals surface area contributed by atoms with Gasteiger partial charge in [-0.1, -0.05) is 13.8 Å². The van der Waals surface area contributed by atoms with E-state index in [9.17, 15) is 9.59 Å². The summed E-state index contributed by atoms with van der Waals surface area (Å²) in [7, 11) is 0. The van der Waals surface area contributed by atoms with Gasteiger partial charge in [0.2, 0.25) is 0 Å². The summed E-state index contributed by atoms with van der Waals surface area (Å²) in [5.74, 6) is -2.48. The van der Waals surface area contributed by atoms with Crippen molar-refractivity contribution < 1.29 is 19.8 Å². The van der Waals surface area contributed by atoms with Crippen molar-refractivity contribution in [2.24, 2.45) is 11.3 Å². The third kappa shape index (κ3) is 3.05. The van der Waals surface area contributed by atoms with Gasteiger partial charge in [-0.2, -0.15) is 0 Å². The summed E-state index contributed by atoms with van der Waals surface area (Å²) < 4.78 is 0. The maximum Gasteiger partial charge on any atom is 0.309 e. The van der Waals surface area contributed by atoms with Gasteiger partial charge in [0, 0.05) is 0 Å². The SMILES string of the molecule is CCC(C)(CC(C)C(=O)O)C(=O)O. The van der Waals surface area contributed by atoms with Crippen LogP contribution in [0.4, 0.5) is 0 Å². The summed E-state index contributed by atoms with van der Waals surface area (Å²) in [5.41, 5.74) is -0.919. The summed E-state index contributed by atoms with van der Waals surface area (Å²) in [6.45, 7) is 4.86. The molecule has 0 amide bonds. The van der Waals surface area contributed by atoms with Gasteiger partial charge in [-0.3, -0.25) is 9.59 Å². The van der Waals surface area contributed by atoms with E-state index in [2.05, 4.69) is 0 Å². The molecular formula is C9H16O4. The number of aliphatic carboxylic acids is 2. The minimum Gasteiger partial charge on any atom is -0.481 e. The molecule has 0 fully saturated rings. The summed E-state index contributed by atoms with van der Waals surface area (Å²) in [4.78, 5) is 21.3. The Kier molecular flexibility index (Phi) is 3.91. The van der Waals surface area contributed by atoms with Crippen molar-refractivity contribution in [2.45, 2.75) is 33.6 Å². The van der Waals surface area contributed by atoms with Crippen LogP contribution in [0.1, 0.15) is 33.6 Å². The van der Waals surface area contributed by atoms with E-state index in [1.54, 1.807) is 13.8 Å². The first kappa shape index (κ1) is 11.9. The van der Waals surface area contributed by atoms with Gasteiger partial charge in [0.1, 0.15) is 0 Å². The number of rotatable bonds is 5. The van der Waals surface area contributed by atoms with Crippen LogP contribution < -0.4 is 0 Å². The van der Waals surface area contributed by atoms with Crippen LogP contribution in [0.3, 0.4) is 0 Å². The Morgan fingerprint density at radius 2 is 1.85 bits per heavy atom. The molecule has 0 saturated carbocycles. The van der Waals surface area contributed by atoms with E-state index < -0.39 is 23.3 Å². The van der Waals surface area contributed by atoms with Crippen LogP contribution in [0.2, 0.25) is 0 Å². The molecule has 4 heteroatoms. The van der Waals surface area contributed by atoms with E-state index in [0.29, 0.717) is 6.42 Å². The topological polar surface area (TPSA) is 74.6 Å². The molecule has 0 aromatic carbocycles. The van der Waals surface area contributed by atoms with Crippen molar-refractivity contribution in [2.75, 3.05) is 0 Å². The van der Waals surface area contributed by atoms with Gasteiger partial charge in [-0.15, -0.1) is 0 Å². The van der Waals surface area contributed by atoms with Gasteiger partial charge in [-0.25, -0.2) is 0 Å². The first-order chi connectivity index (χ1) is 5.83. The van der Waals surface area contributed by atoms with Crippen molar-refractivity contribution in [1.29, 1.82) is 0 Å². The van der Waals surface area contributed by atoms with E-state index in [0.717, 1.165) is 0 Å². The van der Waals surface area contributed by atoms with E-state index in [1.165, 1.54) is 6.92 Å². The number of carbonyl (C=O) groups is 2. The molecule has 0 radical (unpaired) electrons. The first-order valence-electron chi connectivity index (χ1n) is 4.29. The smallest absolute Gasteiger partial charge is 0.309 e. The molecule has 0 aliphatic rings. The second kappa shape index (κ2) is 4.25. The highest BCUT2D eigenvalue weighted by molar-refractivity contribution is 5.76. The lowest BCUT2D eigenvalue weighted by atomic mass is 9.79. The van der Waals surface area contributed by atoms with Crippen molar-refractivity contribution in [3.8, 4) is 0 Å². The molecular weight excluding hydrogens is 172 g/mol. The maximum atomic E-state index is 10.8. The largest absolute Gasteiger partial charge is 0.481 e. The lowest BCUT2D eigenvalue weighted by Crippen LogP contribution is -2.30. The zero-order valence-corrected chi connectivity index (χ0v) is 8.20. The fourth-order valence-electron chi connectivity index (χ4n) is 1.15. The van der Waals surface area contributed by atoms with Gasteiger partial charge in [-0.05, 0) is 19.8 Å². The number of carboxylic acid groups (broad SMARTS) is 2. The molecule has 76 valence electrons. The van der Waals surface area contributed by atoms with Crippen LogP contribution in [0.5, 0.6) is 0 Å². The summed E-state index contributed by atoms with van der Waals surface area (Å²) in [5, 5.41) is 17.5. The lowest BCUT2D eigenvalue weighted by molar-refractivity contribution is -0.151. The normalized spacial score (nSPS) is 17.5. The fraction of sp³-hybridized carbons (Fsp3) is 0.778. The van der Waals surface area contributed by atoms with Gasteiger partial charge >= 0.3 is 11.9 Å². The molecule has 2 N–H and O–H groups in total. The van der Waals surface area contributed by atoms with Gasteiger partial charge in [0.15, 0.2) is 0 Å². The van der Waals surface area contributed by atoms with Crippen LogP contribution in [0, 0.1) is 11.3 Å². The fourth-order valence-corrected chi connectivity index (χ4v) is 1.15. The molecule has 13 heavy (non-hydrogen) atoms. The van der Waals surface area contributed by atoms with Gasteiger partial charge < -0.3 is 10.2 Å². The highest BCUT2D eigenvalue weighted by atomic mass is 16.4. The average Bonchev–Trinajstić information content (AvgIpc) is 2.03. The molecule has 0 aromatic heterocycles. The van der Waals surface area contributed by atoms with Crippen LogP contribution >= 0.6 is 0 Å². The molecule has 0 aliphatic heterocycles. The zero-order chi connectivity index (χ0) is 10.6. The molecule has 0 heterocycles. The van der Waals surface area contributed by atoms with E-state index in [4.69, 9.17) is 10.2 Å². The third-order valence-electron chi connectivity index (χ3n) is 2.47. The highest BCUT2D eigenvalue weighted by Crippen LogP contribution is 2.30. The van der Waals surface area contributed by atoms with Crippen LogP contribution in [-0.4, -0.2) is 22.2 Å². The Bertz CT molecular complexity index is 212. The Morgan fingerprint density at radius 3 is 2.08 bits per heavy atom. The molecule has 0 aromatic rings. The van der Waals surface area contributed by atoms with Gasteiger partial charge in [0.25, 0.3) is 0 Å². The molecule has 0 saturated heterocycles. The average molecular weight is 188 g/mol. The van der Waals surface area contributed by atoms with Crippen LogP contribution in [0.25, 0.3) is 0 Å². The van der Waals surface area contributed by atoms with Crippen molar-refractivity contribution in [1.82, 2.24) is 0 Å². The number of hydrogen-bond acceptors (Lipinski definition) is 2. The Balaban J connectivity index is 4.45. The molecule has 4 nitrogen and oxygen atoms in total. The quantitative estimate of drug-likeness (QED) is 0.687. The monoisotopic (exact) mass is 188 g/mol. The Morgan fingerprint density at radius 1 is 1.38 bits per heavy atom. The molecule has 2 unspecified atom stereocenters. The lowest BCUT2D eigenvalue weighted by Gasteiger charge is -2.24. The summed E-state index contributed by atoms with van der Waals surface area (Å²) >= 11 is 0.